The molecule has 0 saturated heterocycles. The molecule has 0 aromatic carbocycles. The molecule has 1 aliphatic rings. The Kier molecular flexibility index (Phi) is 3.17. The lowest BCUT2D eigenvalue weighted by atomic mass is 10.1. The van der Waals surface area contributed by atoms with E-state index in [1.807, 2.05) is 12.3 Å². The molecule has 11 heavy (non-hydrogen) atoms. The van der Waals surface area contributed by atoms with Crippen molar-refractivity contribution in [3.05, 3.63) is 23.9 Å². The maximum atomic E-state index is 3.31. The molecule has 0 bridgehead atoms. The maximum absolute atomic E-state index is 3.31. The van der Waals surface area contributed by atoms with Crippen molar-refractivity contribution in [2.45, 2.75) is 19.9 Å². The fraction of sp³-hybridized carbons (Fsp3) is 0.556. The summed E-state index contributed by atoms with van der Waals surface area (Å²) in [6, 6.07) is 0.486. The quantitative estimate of drug-likeness (QED) is 0.631. The van der Waals surface area contributed by atoms with Crippen LogP contribution in [-0.4, -0.2) is 19.1 Å². The summed E-state index contributed by atoms with van der Waals surface area (Å²) >= 11 is 0. The van der Waals surface area contributed by atoms with Gasteiger partial charge in [-0.25, -0.2) is 0 Å². The average Bonchev–Trinajstić information content (AvgIpc) is 2.03. The van der Waals surface area contributed by atoms with Gasteiger partial charge in [-0.1, -0.05) is 13.0 Å². The average molecular weight is 152 g/mol. The topological polar surface area (TPSA) is 24.1 Å². The molecular formula is C9H16N2. The van der Waals surface area contributed by atoms with Crippen molar-refractivity contribution in [3.8, 4) is 0 Å². The van der Waals surface area contributed by atoms with E-state index in [-0.39, 0.29) is 0 Å². The number of rotatable bonds is 3. The second kappa shape index (κ2) is 4.19. The number of dihydropyridines is 1. The lowest BCUT2D eigenvalue weighted by Crippen LogP contribution is -2.37. The minimum atomic E-state index is 0.486. The Hall–Kier alpha value is -0.760. The van der Waals surface area contributed by atoms with Gasteiger partial charge in [0, 0.05) is 6.54 Å². The van der Waals surface area contributed by atoms with Gasteiger partial charge in [-0.05, 0) is 31.3 Å². The van der Waals surface area contributed by atoms with Crippen LogP contribution in [0.1, 0.15) is 13.8 Å². The van der Waals surface area contributed by atoms with Crippen molar-refractivity contribution >= 4 is 0 Å². The van der Waals surface area contributed by atoms with Crippen molar-refractivity contribution in [1.29, 1.82) is 0 Å². The Bertz CT molecular complexity index is 170. The highest BCUT2D eigenvalue weighted by Crippen LogP contribution is 2.04. The molecule has 1 aliphatic heterocycles. The molecule has 2 heteroatoms. The number of allylic oxidation sites excluding steroid dienone is 2. The zero-order valence-corrected chi connectivity index (χ0v) is 7.22. The molecule has 1 heterocycles. The van der Waals surface area contributed by atoms with Crippen molar-refractivity contribution in [2.24, 2.45) is 0 Å². The molecule has 0 amide bonds. The molecular weight excluding hydrogens is 136 g/mol. The van der Waals surface area contributed by atoms with Crippen LogP contribution in [0.3, 0.4) is 0 Å². The maximum Gasteiger partial charge on any atom is 0.0593 e. The van der Waals surface area contributed by atoms with Crippen LogP contribution < -0.4 is 10.6 Å². The second-order valence-corrected chi connectivity index (χ2v) is 2.80. The van der Waals surface area contributed by atoms with Crippen LogP contribution in [0.5, 0.6) is 0 Å². The zero-order chi connectivity index (χ0) is 8.10. The molecule has 2 nitrogen and oxygen atoms in total. The molecule has 1 atom stereocenters. The first-order valence-electron chi connectivity index (χ1n) is 4.14. The van der Waals surface area contributed by atoms with Crippen LogP contribution in [0.2, 0.25) is 0 Å². The third-order valence-electron chi connectivity index (χ3n) is 1.90. The monoisotopic (exact) mass is 152 g/mol. The first-order chi connectivity index (χ1) is 5.34. The predicted molar refractivity (Wildman–Crippen MR) is 48.4 cm³/mol. The van der Waals surface area contributed by atoms with Gasteiger partial charge >= 0.3 is 0 Å². The van der Waals surface area contributed by atoms with E-state index in [4.69, 9.17) is 0 Å². The lowest BCUT2D eigenvalue weighted by Gasteiger charge is -2.20. The minimum Gasteiger partial charge on any atom is -0.383 e. The highest BCUT2D eigenvalue weighted by atomic mass is 15.0. The van der Waals surface area contributed by atoms with E-state index in [1.165, 1.54) is 5.57 Å². The van der Waals surface area contributed by atoms with Crippen molar-refractivity contribution in [2.75, 3.05) is 13.1 Å². The Balaban J connectivity index is 2.35. The van der Waals surface area contributed by atoms with Crippen LogP contribution in [0, 0.1) is 0 Å². The standard InChI is InChI=1S/C9H16N2/c1-3-10-7-9-8(2)5-4-6-11-9/h4-6,9-11H,3,7H2,1-2H3. The summed E-state index contributed by atoms with van der Waals surface area (Å²) in [5, 5.41) is 6.60. The van der Waals surface area contributed by atoms with Crippen molar-refractivity contribution < 1.29 is 0 Å². The largest absolute Gasteiger partial charge is 0.383 e. The van der Waals surface area contributed by atoms with Crippen molar-refractivity contribution in [3.63, 3.8) is 0 Å². The van der Waals surface area contributed by atoms with Crippen LogP contribution in [0.25, 0.3) is 0 Å². The smallest absolute Gasteiger partial charge is 0.0593 e. The third kappa shape index (κ3) is 2.39. The first-order valence-corrected chi connectivity index (χ1v) is 4.14. The molecule has 1 unspecified atom stereocenters. The van der Waals surface area contributed by atoms with Gasteiger partial charge < -0.3 is 10.6 Å². The Morgan fingerprint density at radius 2 is 2.45 bits per heavy atom. The number of hydrogen-bond acceptors (Lipinski definition) is 2. The van der Waals surface area contributed by atoms with E-state index >= 15 is 0 Å². The van der Waals surface area contributed by atoms with Gasteiger partial charge in [0.1, 0.15) is 0 Å². The molecule has 0 radical (unpaired) electrons. The number of likely N-dealkylation sites (N-methyl/N-ethyl adjacent to an activating group) is 1. The van der Waals surface area contributed by atoms with Crippen molar-refractivity contribution in [1.82, 2.24) is 10.6 Å². The summed E-state index contributed by atoms with van der Waals surface area (Å²) in [5.41, 5.74) is 1.40. The Labute approximate surface area is 68.4 Å². The summed E-state index contributed by atoms with van der Waals surface area (Å²) in [7, 11) is 0. The van der Waals surface area contributed by atoms with E-state index in [9.17, 15) is 0 Å². The first kappa shape index (κ1) is 8.34. The van der Waals surface area contributed by atoms with Gasteiger partial charge in [-0.3, -0.25) is 0 Å². The van der Waals surface area contributed by atoms with Gasteiger partial charge in [0.15, 0.2) is 0 Å². The van der Waals surface area contributed by atoms with Gasteiger partial charge in [0.25, 0.3) is 0 Å². The summed E-state index contributed by atoms with van der Waals surface area (Å²) < 4.78 is 0. The summed E-state index contributed by atoms with van der Waals surface area (Å²) in [5.74, 6) is 0. The number of hydrogen-bond donors (Lipinski definition) is 2. The summed E-state index contributed by atoms with van der Waals surface area (Å²) in [6.07, 6.45) is 6.19. The summed E-state index contributed by atoms with van der Waals surface area (Å²) in [4.78, 5) is 0. The molecule has 1 rings (SSSR count). The fourth-order valence-corrected chi connectivity index (χ4v) is 1.13. The van der Waals surface area contributed by atoms with Crippen LogP contribution in [0.4, 0.5) is 0 Å². The van der Waals surface area contributed by atoms with Gasteiger partial charge in [0.05, 0.1) is 6.04 Å². The van der Waals surface area contributed by atoms with E-state index in [0.717, 1.165) is 13.1 Å². The van der Waals surface area contributed by atoms with Gasteiger partial charge in [-0.15, -0.1) is 0 Å². The molecule has 0 saturated carbocycles. The SMILES string of the molecule is CCNCC1NC=CC=C1C. The molecule has 0 aromatic heterocycles. The third-order valence-corrected chi connectivity index (χ3v) is 1.90. The molecule has 0 spiro atoms. The molecule has 0 aromatic rings. The number of nitrogens with one attached hydrogen (secondary N) is 2. The van der Waals surface area contributed by atoms with Gasteiger partial charge in [0.2, 0.25) is 0 Å². The predicted octanol–water partition coefficient (Wildman–Crippen LogP) is 1.03. The van der Waals surface area contributed by atoms with E-state index in [1.54, 1.807) is 0 Å². The highest BCUT2D eigenvalue weighted by Gasteiger charge is 2.08. The van der Waals surface area contributed by atoms with E-state index in [0.29, 0.717) is 6.04 Å². The molecule has 2 N–H and O–H groups in total. The van der Waals surface area contributed by atoms with Crippen LogP contribution in [-0.2, 0) is 0 Å². The normalized spacial score (nSPS) is 22.7. The summed E-state index contributed by atoms with van der Waals surface area (Å²) in [6.45, 7) is 6.33. The van der Waals surface area contributed by atoms with E-state index in [2.05, 4.69) is 30.6 Å². The Morgan fingerprint density at radius 3 is 3.09 bits per heavy atom. The Morgan fingerprint density at radius 1 is 1.64 bits per heavy atom. The van der Waals surface area contributed by atoms with E-state index < -0.39 is 0 Å². The van der Waals surface area contributed by atoms with Gasteiger partial charge in [-0.2, -0.15) is 0 Å². The fourth-order valence-electron chi connectivity index (χ4n) is 1.13. The van der Waals surface area contributed by atoms with Crippen LogP contribution in [0.15, 0.2) is 23.9 Å². The molecule has 0 aliphatic carbocycles. The molecule has 0 fully saturated rings. The highest BCUT2D eigenvalue weighted by molar-refractivity contribution is 5.21. The molecule has 62 valence electrons. The zero-order valence-electron chi connectivity index (χ0n) is 7.22. The second-order valence-electron chi connectivity index (χ2n) is 2.80. The minimum absolute atomic E-state index is 0.486. The van der Waals surface area contributed by atoms with Crippen LogP contribution >= 0.6 is 0 Å². The lowest BCUT2D eigenvalue weighted by molar-refractivity contribution is 0.583.